The molecule has 0 radical (unpaired) electrons. The van der Waals surface area contributed by atoms with Crippen LogP contribution in [0.15, 0.2) is 4.99 Å². The SMILES string of the molecule is CCNC(=NCCCOC1CCOCC1)NC1CC1.I. The molecular formula is C14H28IN3O2. The van der Waals surface area contributed by atoms with E-state index >= 15 is 0 Å². The summed E-state index contributed by atoms with van der Waals surface area (Å²) in [6.07, 6.45) is 6.01. The molecule has 118 valence electrons. The molecule has 6 heteroatoms. The molecule has 2 N–H and O–H groups in total. The average Bonchev–Trinajstić information content (AvgIpc) is 3.24. The highest BCUT2D eigenvalue weighted by molar-refractivity contribution is 14.0. The van der Waals surface area contributed by atoms with Crippen LogP contribution in [0.3, 0.4) is 0 Å². The molecule has 0 aromatic heterocycles. The number of ether oxygens (including phenoxy) is 2. The molecular weight excluding hydrogens is 369 g/mol. The first kappa shape index (κ1) is 18.0. The molecule has 0 aromatic rings. The van der Waals surface area contributed by atoms with Crippen molar-refractivity contribution in [2.24, 2.45) is 4.99 Å². The molecule has 1 aliphatic carbocycles. The van der Waals surface area contributed by atoms with E-state index in [1.54, 1.807) is 0 Å². The van der Waals surface area contributed by atoms with Gasteiger partial charge in [0, 0.05) is 39.0 Å². The van der Waals surface area contributed by atoms with Crippen LogP contribution in [0, 0.1) is 0 Å². The van der Waals surface area contributed by atoms with Gasteiger partial charge in [-0.15, -0.1) is 24.0 Å². The predicted octanol–water partition coefficient (Wildman–Crippen LogP) is 1.91. The van der Waals surface area contributed by atoms with Crippen molar-refractivity contribution in [1.82, 2.24) is 10.6 Å². The summed E-state index contributed by atoms with van der Waals surface area (Å²) in [6.45, 7) is 6.33. The first-order chi connectivity index (χ1) is 9.38. The summed E-state index contributed by atoms with van der Waals surface area (Å²) in [7, 11) is 0. The number of hydrogen-bond acceptors (Lipinski definition) is 3. The van der Waals surface area contributed by atoms with E-state index < -0.39 is 0 Å². The van der Waals surface area contributed by atoms with Crippen LogP contribution in [0.25, 0.3) is 0 Å². The van der Waals surface area contributed by atoms with Gasteiger partial charge < -0.3 is 20.1 Å². The molecule has 0 bridgehead atoms. The summed E-state index contributed by atoms with van der Waals surface area (Å²) < 4.78 is 11.1. The molecule has 20 heavy (non-hydrogen) atoms. The molecule has 1 aliphatic heterocycles. The maximum atomic E-state index is 5.83. The number of rotatable bonds is 7. The fourth-order valence-electron chi connectivity index (χ4n) is 2.09. The Morgan fingerprint density at radius 3 is 2.65 bits per heavy atom. The van der Waals surface area contributed by atoms with E-state index in [4.69, 9.17) is 9.47 Å². The molecule has 1 heterocycles. The molecule has 0 spiro atoms. The zero-order chi connectivity index (χ0) is 13.3. The fourth-order valence-corrected chi connectivity index (χ4v) is 2.09. The molecule has 2 aliphatic rings. The summed E-state index contributed by atoms with van der Waals surface area (Å²) in [5, 5.41) is 6.69. The maximum Gasteiger partial charge on any atom is 0.191 e. The van der Waals surface area contributed by atoms with Crippen molar-refractivity contribution in [2.45, 2.75) is 51.2 Å². The fraction of sp³-hybridized carbons (Fsp3) is 0.929. The van der Waals surface area contributed by atoms with Crippen LogP contribution in [-0.4, -0.2) is 51.0 Å². The summed E-state index contributed by atoms with van der Waals surface area (Å²) in [5.74, 6) is 0.955. The zero-order valence-corrected chi connectivity index (χ0v) is 14.7. The van der Waals surface area contributed by atoms with E-state index in [-0.39, 0.29) is 24.0 Å². The van der Waals surface area contributed by atoms with Gasteiger partial charge in [0.1, 0.15) is 0 Å². The second kappa shape index (κ2) is 10.6. The lowest BCUT2D eigenvalue weighted by Gasteiger charge is -2.22. The highest BCUT2D eigenvalue weighted by Crippen LogP contribution is 2.18. The smallest absolute Gasteiger partial charge is 0.191 e. The highest BCUT2D eigenvalue weighted by Gasteiger charge is 2.21. The van der Waals surface area contributed by atoms with Crippen LogP contribution in [0.2, 0.25) is 0 Å². The van der Waals surface area contributed by atoms with Gasteiger partial charge in [-0.2, -0.15) is 0 Å². The van der Waals surface area contributed by atoms with Gasteiger partial charge in [0.25, 0.3) is 0 Å². The standard InChI is InChI=1S/C14H27N3O2.HI/c1-2-15-14(17-12-4-5-12)16-8-3-9-19-13-6-10-18-11-7-13;/h12-13H,2-11H2,1H3,(H2,15,16,17);1H. The molecule has 2 fully saturated rings. The molecule has 1 saturated carbocycles. The van der Waals surface area contributed by atoms with Crippen molar-refractivity contribution in [3.05, 3.63) is 0 Å². The number of guanidine groups is 1. The minimum Gasteiger partial charge on any atom is -0.381 e. The lowest BCUT2D eigenvalue weighted by molar-refractivity contribution is -0.0318. The van der Waals surface area contributed by atoms with Crippen LogP contribution in [0.5, 0.6) is 0 Å². The molecule has 0 amide bonds. The number of hydrogen-bond donors (Lipinski definition) is 2. The van der Waals surface area contributed by atoms with Crippen LogP contribution in [0.4, 0.5) is 0 Å². The normalized spacial score (nSPS) is 20.4. The molecule has 0 aromatic carbocycles. The molecule has 0 atom stereocenters. The van der Waals surface area contributed by atoms with Crippen molar-refractivity contribution >= 4 is 29.9 Å². The summed E-state index contributed by atoms with van der Waals surface area (Å²) in [5.41, 5.74) is 0. The molecule has 5 nitrogen and oxygen atoms in total. The number of nitrogens with one attached hydrogen (secondary N) is 2. The van der Waals surface area contributed by atoms with Gasteiger partial charge in [-0.25, -0.2) is 0 Å². The van der Waals surface area contributed by atoms with Gasteiger partial charge in [0.2, 0.25) is 0 Å². The Kier molecular flexibility index (Phi) is 9.54. The minimum absolute atomic E-state index is 0. The summed E-state index contributed by atoms with van der Waals surface area (Å²) in [4.78, 5) is 4.57. The lowest BCUT2D eigenvalue weighted by Crippen LogP contribution is -2.38. The van der Waals surface area contributed by atoms with E-state index in [2.05, 4.69) is 22.5 Å². The Morgan fingerprint density at radius 1 is 1.25 bits per heavy atom. The predicted molar refractivity (Wildman–Crippen MR) is 92.0 cm³/mol. The largest absolute Gasteiger partial charge is 0.381 e. The summed E-state index contributed by atoms with van der Waals surface area (Å²) in [6, 6.07) is 0.649. The third kappa shape index (κ3) is 7.64. The van der Waals surface area contributed by atoms with Crippen LogP contribution >= 0.6 is 24.0 Å². The van der Waals surface area contributed by atoms with E-state index in [1.807, 2.05) is 0 Å². The summed E-state index contributed by atoms with van der Waals surface area (Å²) >= 11 is 0. The topological polar surface area (TPSA) is 54.9 Å². The number of halogens is 1. The Morgan fingerprint density at radius 2 is 2.00 bits per heavy atom. The first-order valence-electron chi connectivity index (χ1n) is 7.62. The quantitative estimate of drug-likeness (QED) is 0.298. The van der Waals surface area contributed by atoms with E-state index in [1.165, 1.54) is 12.8 Å². The minimum atomic E-state index is 0. The third-order valence-corrected chi connectivity index (χ3v) is 3.36. The zero-order valence-electron chi connectivity index (χ0n) is 12.4. The monoisotopic (exact) mass is 397 g/mol. The van der Waals surface area contributed by atoms with Gasteiger partial charge >= 0.3 is 0 Å². The van der Waals surface area contributed by atoms with E-state index in [0.29, 0.717) is 12.1 Å². The van der Waals surface area contributed by atoms with Crippen molar-refractivity contribution in [3.63, 3.8) is 0 Å². The van der Waals surface area contributed by atoms with Crippen molar-refractivity contribution in [3.8, 4) is 0 Å². The van der Waals surface area contributed by atoms with Crippen molar-refractivity contribution in [1.29, 1.82) is 0 Å². The Labute approximate surface area is 139 Å². The van der Waals surface area contributed by atoms with Gasteiger partial charge in [0.15, 0.2) is 5.96 Å². The number of aliphatic imine (C=N–C) groups is 1. The Balaban J connectivity index is 0.00000200. The van der Waals surface area contributed by atoms with E-state index in [9.17, 15) is 0 Å². The lowest BCUT2D eigenvalue weighted by atomic mass is 10.1. The molecule has 1 saturated heterocycles. The first-order valence-corrected chi connectivity index (χ1v) is 7.62. The Hall–Kier alpha value is -0.0800. The second-order valence-corrected chi connectivity index (χ2v) is 5.22. The van der Waals surface area contributed by atoms with Crippen LogP contribution in [0.1, 0.15) is 39.0 Å². The second-order valence-electron chi connectivity index (χ2n) is 5.22. The van der Waals surface area contributed by atoms with Gasteiger partial charge in [0.05, 0.1) is 6.10 Å². The van der Waals surface area contributed by atoms with E-state index in [0.717, 1.165) is 58.1 Å². The van der Waals surface area contributed by atoms with Gasteiger partial charge in [-0.3, -0.25) is 4.99 Å². The average molecular weight is 397 g/mol. The van der Waals surface area contributed by atoms with Crippen molar-refractivity contribution < 1.29 is 9.47 Å². The van der Waals surface area contributed by atoms with Gasteiger partial charge in [-0.05, 0) is 39.0 Å². The molecule has 0 unspecified atom stereocenters. The molecule has 2 rings (SSSR count). The van der Waals surface area contributed by atoms with Crippen LogP contribution in [-0.2, 0) is 9.47 Å². The highest BCUT2D eigenvalue weighted by atomic mass is 127. The maximum absolute atomic E-state index is 5.83. The van der Waals surface area contributed by atoms with Crippen LogP contribution < -0.4 is 10.6 Å². The Bertz CT molecular complexity index is 280. The third-order valence-electron chi connectivity index (χ3n) is 3.36. The van der Waals surface area contributed by atoms with Gasteiger partial charge in [-0.1, -0.05) is 0 Å². The van der Waals surface area contributed by atoms with Crippen molar-refractivity contribution in [2.75, 3.05) is 32.9 Å². The number of nitrogens with zero attached hydrogens (tertiary/aromatic N) is 1.